The van der Waals surface area contributed by atoms with Crippen LogP contribution in [0.5, 0.6) is 0 Å². The first kappa shape index (κ1) is 16.7. The van der Waals surface area contributed by atoms with Crippen molar-refractivity contribution in [2.75, 3.05) is 0 Å². The van der Waals surface area contributed by atoms with E-state index in [1.807, 2.05) is 20.8 Å². The van der Waals surface area contributed by atoms with Crippen LogP contribution in [0.1, 0.15) is 62.3 Å². The molecule has 0 unspecified atom stereocenters. The molecule has 2 N–H and O–H groups in total. The number of ether oxygens (including phenoxy) is 1. The normalized spacial score (nSPS) is 18.9. The molecule has 7 heteroatoms. The number of thiazole rings is 1. The van der Waals surface area contributed by atoms with Crippen molar-refractivity contribution in [3.63, 3.8) is 0 Å². The lowest BCUT2D eigenvalue weighted by Gasteiger charge is -2.20. The largest absolute Gasteiger partial charge is 0.444 e. The maximum absolute atomic E-state index is 11.6. The molecule has 0 bridgehead atoms. The predicted molar refractivity (Wildman–Crippen MR) is 85.6 cm³/mol. The number of nitrogens with one attached hydrogen (secondary N) is 1. The Hall–Kier alpha value is -1.63. The summed E-state index contributed by atoms with van der Waals surface area (Å²) in [6.45, 7) is 5.97. The molecule has 0 saturated heterocycles. The number of hydrogen-bond donors (Lipinski definition) is 2. The Morgan fingerprint density at radius 2 is 2.18 bits per heavy atom. The summed E-state index contributed by atoms with van der Waals surface area (Å²) in [5.41, 5.74) is 0.569. The van der Waals surface area contributed by atoms with Crippen LogP contribution in [-0.2, 0) is 11.3 Å². The molecule has 1 fully saturated rings. The maximum atomic E-state index is 11.6. The molecule has 1 saturated carbocycles. The van der Waals surface area contributed by atoms with E-state index in [1.165, 1.54) is 0 Å². The van der Waals surface area contributed by atoms with Gasteiger partial charge in [-0.1, -0.05) is 5.16 Å². The van der Waals surface area contributed by atoms with E-state index in [4.69, 9.17) is 9.94 Å². The SMILES string of the molecule is CC(C)(C)NC(=O)OCc1cnc(C2CCC(=NO)CC2)s1. The number of carbonyl (C=O) groups is 1. The molecule has 1 aromatic heterocycles. The number of amides is 1. The van der Waals surface area contributed by atoms with Crippen LogP contribution in [0.4, 0.5) is 4.79 Å². The quantitative estimate of drug-likeness (QED) is 0.656. The third-order valence-corrected chi connectivity index (χ3v) is 4.58. The van der Waals surface area contributed by atoms with E-state index in [0.717, 1.165) is 41.3 Å². The topological polar surface area (TPSA) is 83.8 Å². The zero-order valence-electron chi connectivity index (χ0n) is 13.3. The van der Waals surface area contributed by atoms with Gasteiger partial charge in [0.05, 0.1) is 15.6 Å². The molecule has 1 amide bonds. The van der Waals surface area contributed by atoms with Crippen molar-refractivity contribution in [1.29, 1.82) is 0 Å². The molecule has 1 aliphatic carbocycles. The molecule has 0 spiro atoms. The Morgan fingerprint density at radius 1 is 1.50 bits per heavy atom. The zero-order chi connectivity index (χ0) is 16.2. The first-order valence-corrected chi connectivity index (χ1v) is 8.28. The molecule has 0 atom stereocenters. The number of rotatable bonds is 3. The lowest BCUT2D eigenvalue weighted by Crippen LogP contribution is -2.40. The lowest BCUT2D eigenvalue weighted by atomic mass is 9.88. The Morgan fingerprint density at radius 3 is 2.77 bits per heavy atom. The summed E-state index contributed by atoms with van der Waals surface area (Å²) in [6, 6.07) is 0. The molecule has 6 nitrogen and oxygen atoms in total. The van der Waals surface area contributed by atoms with Gasteiger partial charge in [0.2, 0.25) is 0 Å². The molecule has 1 aliphatic rings. The summed E-state index contributed by atoms with van der Waals surface area (Å²) in [5.74, 6) is 0.410. The van der Waals surface area contributed by atoms with Gasteiger partial charge in [-0.15, -0.1) is 11.3 Å². The summed E-state index contributed by atoms with van der Waals surface area (Å²) >= 11 is 1.59. The average Bonchev–Trinajstić information content (AvgIpc) is 2.92. The van der Waals surface area contributed by atoms with Gasteiger partial charge in [-0.05, 0) is 46.5 Å². The highest BCUT2D eigenvalue weighted by molar-refractivity contribution is 7.11. The van der Waals surface area contributed by atoms with E-state index >= 15 is 0 Å². The highest BCUT2D eigenvalue weighted by Gasteiger charge is 2.22. The maximum Gasteiger partial charge on any atom is 0.407 e. The Kier molecular flexibility index (Phi) is 5.39. The monoisotopic (exact) mass is 325 g/mol. The van der Waals surface area contributed by atoms with Crippen molar-refractivity contribution in [1.82, 2.24) is 10.3 Å². The van der Waals surface area contributed by atoms with E-state index in [-0.39, 0.29) is 12.1 Å². The minimum atomic E-state index is -0.413. The van der Waals surface area contributed by atoms with E-state index in [2.05, 4.69) is 15.5 Å². The standard InChI is InChI=1S/C15H23N3O3S/c1-15(2,3)17-14(19)21-9-12-8-16-13(22-12)10-4-6-11(18-20)7-5-10/h8,10,20H,4-7,9H2,1-3H3,(H,17,19). The zero-order valence-corrected chi connectivity index (χ0v) is 14.1. The first-order chi connectivity index (χ1) is 10.4. The van der Waals surface area contributed by atoms with E-state index in [1.54, 1.807) is 17.5 Å². The summed E-state index contributed by atoms with van der Waals surface area (Å²) in [5, 5.41) is 15.9. The first-order valence-electron chi connectivity index (χ1n) is 7.47. The number of oxime groups is 1. The molecule has 1 heterocycles. The van der Waals surface area contributed by atoms with Crippen molar-refractivity contribution in [2.45, 2.75) is 64.5 Å². The smallest absolute Gasteiger partial charge is 0.407 e. The molecule has 0 aliphatic heterocycles. The fourth-order valence-electron chi connectivity index (χ4n) is 2.36. The van der Waals surface area contributed by atoms with Crippen LogP contribution in [0.2, 0.25) is 0 Å². The van der Waals surface area contributed by atoms with Crippen LogP contribution in [0.3, 0.4) is 0 Å². The van der Waals surface area contributed by atoms with Crippen molar-refractivity contribution in [2.24, 2.45) is 5.16 Å². The number of nitrogens with zero attached hydrogens (tertiary/aromatic N) is 2. The van der Waals surface area contributed by atoms with Crippen LogP contribution in [0.25, 0.3) is 0 Å². The highest BCUT2D eigenvalue weighted by Crippen LogP contribution is 2.34. The van der Waals surface area contributed by atoms with Crippen LogP contribution >= 0.6 is 11.3 Å². The summed E-state index contributed by atoms with van der Waals surface area (Å²) in [7, 11) is 0. The summed E-state index contributed by atoms with van der Waals surface area (Å²) in [6.07, 6.45) is 4.92. The van der Waals surface area contributed by atoms with Crippen molar-refractivity contribution in [3.8, 4) is 0 Å². The third kappa shape index (κ3) is 4.98. The minimum absolute atomic E-state index is 0.246. The van der Waals surface area contributed by atoms with Crippen LogP contribution < -0.4 is 5.32 Å². The fourth-order valence-corrected chi connectivity index (χ4v) is 3.35. The second kappa shape index (κ2) is 7.09. The molecular weight excluding hydrogens is 302 g/mol. The van der Waals surface area contributed by atoms with Gasteiger partial charge in [0.1, 0.15) is 6.61 Å². The van der Waals surface area contributed by atoms with Gasteiger partial charge in [-0.25, -0.2) is 9.78 Å². The van der Waals surface area contributed by atoms with Crippen LogP contribution in [0, 0.1) is 0 Å². The van der Waals surface area contributed by atoms with Gasteiger partial charge in [0.15, 0.2) is 0 Å². The van der Waals surface area contributed by atoms with Gasteiger partial charge in [0, 0.05) is 17.7 Å². The Labute approximate surface area is 134 Å². The molecular formula is C15H23N3O3S. The summed E-state index contributed by atoms with van der Waals surface area (Å²) in [4.78, 5) is 17.0. The van der Waals surface area contributed by atoms with Gasteiger partial charge >= 0.3 is 6.09 Å². The predicted octanol–water partition coefficient (Wildman–Crippen LogP) is 3.66. The van der Waals surface area contributed by atoms with Gasteiger partial charge in [-0.3, -0.25) is 0 Å². The Bertz CT molecular complexity index is 538. The molecule has 1 aromatic rings. The summed E-state index contributed by atoms with van der Waals surface area (Å²) < 4.78 is 5.21. The number of carbonyl (C=O) groups excluding carboxylic acids is 1. The highest BCUT2D eigenvalue weighted by atomic mass is 32.1. The van der Waals surface area contributed by atoms with Crippen molar-refractivity contribution < 1.29 is 14.7 Å². The minimum Gasteiger partial charge on any atom is -0.444 e. The molecule has 0 aromatic carbocycles. The van der Waals surface area contributed by atoms with E-state index in [9.17, 15) is 4.79 Å². The molecule has 22 heavy (non-hydrogen) atoms. The molecule has 122 valence electrons. The second-order valence-electron chi connectivity index (χ2n) is 6.56. The molecule has 0 radical (unpaired) electrons. The Balaban J connectivity index is 1.83. The fraction of sp³-hybridized carbons (Fsp3) is 0.667. The van der Waals surface area contributed by atoms with Gasteiger partial charge in [-0.2, -0.15) is 0 Å². The van der Waals surface area contributed by atoms with Crippen LogP contribution in [0.15, 0.2) is 11.4 Å². The third-order valence-electron chi connectivity index (χ3n) is 3.45. The van der Waals surface area contributed by atoms with E-state index < -0.39 is 6.09 Å². The van der Waals surface area contributed by atoms with Gasteiger partial charge < -0.3 is 15.3 Å². The molecule has 2 rings (SSSR count). The number of aromatic nitrogens is 1. The van der Waals surface area contributed by atoms with Crippen molar-refractivity contribution in [3.05, 3.63) is 16.1 Å². The van der Waals surface area contributed by atoms with Gasteiger partial charge in [0.25, 0.3) is 0 Å². The van der Waals surface area contributed by atoms with E-state index in [0.29, 0.717) is 5.92 Å². The number of alkyl carbamates (subject to hydrolysis) is 1. The average molecular weight is 325 g/mol. The number of hydrogen-bond acceptors (Lipinski definition) is 6. The van der Waals surface area contributed by atoms with Crippen LogP contribution in [-0.4, -0.2) is 27.5 Å². The lowest BCUT2D eigenvalue weighted by molar-refractivity contribution is 0.132. The second-order valence-corrected chi connectivity index (χ2v) is 7.70. The van der Waals surface area contributed by atoms with Crippen molar-refractivity contribution >= 4 is 23.1 Å².